The topological polar surface area (TPSA) is 115 Å². The molecule has 1 unspecified atom stereocenters. The van der Waals surface area contributed by atoms with Crippen LogP contribution in [0.4, 0.5) is 0 Å². The summed E-state index contributed by atoms with van der Waals surface area (Å²) < 4.78 is 10.6. The van der Waals surface area contributed by atoms with Gasteiger partial charge in [-0.2, -0.15) is 0 Å². The lowest BCUT2D eigenvalue weighted by Crippen LogP contribution is -2.42. The minimum Gasteiger partial charge on any atom is -0.493 e. The van der Waals surface area contributed by atoms with Gasteiger partial charge in [-0.1, -0.05) is 66.7 Å². The van der Waals surface area contributed by atoms with Gasteiger partial charge in [-0.05, 0) is 28.8 Å². The molecule has 0 spiro atoms. The summed E-state index contributed by atoms with van der Waals surface area (Å²) in [6.07, 6.45) is 0.486. The van der Waals surface area contributed by atoms with Crippen molar-refractivity contribution in [3.63, 3.8) is 0 Å². The number of rotatable bonds is 10. The fourth-order valence-corrected chi connectivity index (χ4v) is 3.50. The predicted molar refractivity (Wildman–Crippen MR) is 135 cm³/mol. The van der Waals surface area contributed by atoms with Crippen LogP contribution in [0, 0.1) is 0 Å². The Hall–Kier alpha value is -4.33. The quantitative estimate of drug-likeness (QED) is 0.309. The van der Waals surface area contributed by atoms with Gasteiger partial charge in [0.1, 0.15) is 6.04 Å². The number of methoxy groups -OCH3 is 2. The average molecular weight is 475 g/mol. The lowest BCUT2D eigenvalue weighted by Gasteiger charge is -2.15. The van der Waals surface area contributed by atoms with Crippen LogP contribution in [0.5, 0.6) is 11.5 Å². The van der Waals surface area contributed by atoms with Crippen molar-refractivity contribution in [1.82, 2.24) is 10.6 Å². The van der Waals surface area contributed by atoms with Crippen LogP contribution in [0.15, 0.2) is 83.9 Å². The molecular formula is C27H30N4O4. The standard InChI is InChI=1S/C27H30N4O4/c1-34-23-14-13-21(16-24(23)35-2)18-29-26(33)22(15-19-9-5-3-6-10-19)30-27(28)31-25(32)17-20-11-7-4-8-12-20/h3-14,16,22H,15,17-18H2,1-2H3,(H,29,33)(H3,28,30,31,32). The first-order chi connectivity index (χ1) is 17.0. The average Bonchev–Trinajstić information content (AvgIpc) is 2.87. The Morgan fingerprint density at radius 3 is 2.11 bits per heavy atom. The molecule has 4 N–H and O–H groups in total. The largest absolute Gasteiger partial charge is 0.493 e. The number of nitrogens with one attached hydrogen (secondary N) is 2. The Balaban J connectivity index is 1.69. The van der Waals surface area contributed by atoms with E-state index in [0.29, 0.717) is 17.9 Å². The fourth-order valence-electron chi connectivity index (χ4n) is 3.50. The van der Waals surface area contributed by atoms with Crippen LogP contribution < -0.4 is 25.8 Å². The van der Waals surface area contributed by atoms with E-state index in [1.807, 2.05) is 66.7 Å². The van der Waals surface area contributed by atoms with Crippen molar-refractivity contribution in [2.24, 2.45) is 10.7 Å². The van der Waals surface area contributed by atoms with Gasteiger partial charge in [0.15, 0.2) is 17.5 Å². The van der Waals surface area contributed by atoms with E-state index in [2.05, 4.69) is 15.6 Å². The highest BCUT2D eigenvalue weighted by Gasteiger charge is 2.19. The van der Waals surface area contributed by atoms with Gasteiger partial charge in [-0.3, -0.25) is 14.9 Å². The normalized spacial score (nSPS) is 11.9. The molecule has 0 aliphatic carbocycles. The molecule has 0 radical (unpaired) electrons. The van der Waals surface area contributed by atoms with Crippen molar-refractivity contribution in [3.05, 3.63) is 95.6 Å². The molecule has 0 fully saturated rings. The summed E-state index contributed by atoms with van der Waals surface area (Å²) in [5.74, 6) is 0.454. The van der Waals surface area contributed by atoms with Crippen molar-refractivity contribution >= 4 is 17.8 Å². The smallest absolute Gasteiger partial charge is 0.245 e. The Labute approximate surface area is 205 Å². The number of nitrogens with zero attached hydrogens (tertiary/aromatic N) is 1. The third-order valence-corrected chi connectivity index (χ3v) is 5.26. The second-order valence-electron chi connectivity index (χ2n) is 7.84. The highest BCUT2D eigenvalue weighted by Crippen LogP contribution is 2.27. The molecule has 8 nitrogen and oxygen atoms in total. The molecular weight excluding hydrogens is 444 g/mol. The molecule has 3 aromatic rings. The van der Waals surface area contributed by atoms with Crippen LogP contribution in [0.2, 0.25) is 0 Å². The van der Waals surface area contributed by atoms with Crippen LogP contribution in [-0.4, -0.2) is 38.0 Å². The van der Waals surface area contributed by atoms with Gasteiger partial charge in [0.05, 0.1) is 20.6 Å². The van der Waals surface area contributed by atoms with Crippen LogP contribution in [0.25, 0.3) is 0 Å². The van der Waals surface area contributed by atoms with E-state index in [0.717, 1.165) is 16.7 Å². The molecule has 0 saturated heterocycles. The molecule has 0 bridgehead atoms. The molecule has 2 amide bonds. The fraction of sp³-hybridized carbons (Fsp3) is 0.222. The summed E-state index contributed by atoms with van der Waals surface area (Å²) in [4.78, 5) is 29.8. The Morgan fingerprint density at radius 2 is 1.49 bits per heavy atom. The third-order valence-electron chi connectivity index (χ3n) is 5.26. The van der Waals surface area contributed by atoms with E-state index < -0.39 is 6.04 Å². The lowest BCUT2D eigenvalue weighted by molar-refractivity contribution is -0.122. The van der Waals surface area contributed by atoms with E-state index in [1.54, 1.807) is 26.4 Å². The summed E-state index contributed by atoms with van der Waals surface area (Å²) in [6.45, 7) is 0.264. The summed E-state index contributed by atoms with van der Waals surface area (Å²) in [7, 11) is 3.12. The number of amides is 2. The Kier molecular flexibility index (Phi) is 9.24. The van der Waals surface area contributed by atoms with Crippen molar-refractivity contribution in [2.45, 2.75) is 25.4 Å². The minimum atomic E-state index is -0.824. The summed E-state index contributed by atoms with van der Waals surface area (Å²) >= 11 is 0. The van der Waals surface area contributed by atoms with Gasteiger partial charge in [-0.15, -0.1) is 0 Å². The number of hydrogen-bond donors (Lipinski definition) is 3. The molecule has 0 aromatic heterocycles. The lowest BCUT2D eigenvalue weighted by atomic mass is 10.1. The first-order valence-electron chi connectivity index (χ1n) is 11.2. The zero-order valence-electron chi connectivity index (χ0n) is 19.9. The van der Waals surface area contributed by atoms with Gasteiger partial charge in [0.25, 0.3) is 0 Å². The van der Waals surface area contributed by atoms with Gasteiger partial charge < -0.3 is 20.5 Å². The Morgan fingerprint density at radius 1 is 0.857 bits per heavy atom. The van der Waals surface area contributed by atoms with Crippen LogP contribution in [0.1, 0.15) is 16.7 Å². The number of nitrogens with two attached hydrogens (primary N) is 1. The van der Waals surface area contributed by atoms with E-state index in [9.17, 15) is 9.59 Å². The zero-order chi connectivity index (χ0) is 25.0. The number of carbonyl (C=O) groups excluding carboxylic acids is 2. The molecule has 1 atom stereocenters. The number of guanidine groups is 1. The van der Waals surface area contributed by atoms with Gasteiger partial charge in [0.2, 0.25) is 11.8 Å². The second-order valence-corrected chi connectivity index (χ2v) is 7.84. The highest BCUT2D eigenvalue weighted by atomic mass is 16.5. The SMILES string of the molecule is COc1ccc(CNC(=O)C(Cc2ccccc2)N=C(N)NC(=O)Cc2ccccc2)cc1OC. The monoisotopic (exact) mass is 474 g/mol. The summed E-state index contributed by atoms with van der Waals surface area (Å²) in [5.41, 5.74) is 8.62. The molecule has 35 heavy (non-hydrogen) atoms. The number of ether oxygens (including phenoxy) is 2. The van der Waals surface area contributed by atoms with E-state index >= 15 is 0 Å². The Bertz CT molecular complexity index is 1150. The molecule has 3 aromatic carbocycles. The van der Waals surface area contributed by atoms with Crippen LogP contribution >= 0.6 is 0 Å². The van der Waals surface area contributed by atoms with Gasteiger partial charge in [0, 0.05) is 13.0 Å². The molecule has 0 aliphatic rings. The number of benzene rings is 3. The third kappa shape index (κ3) is 7.89. The summed E-state index contributed by atoms with van der Waals surface area (Å²) in [6, 6.07) is 23.4. The van der Waals surface area contributed by atoms with E-state index in [4.69, 9.17) is 15.2 Å². The predicted octanol–water partition coefficient (Wildman–Crippen LogP) is 2.60. The number of aliphatic imine (C=N–C) groups is 1. The molecule has 0 aliphatic heterocycles. The maximum absolute atomic E-state index is 13.1. The molecule has 182 valence electrons. The molecule has 8 heteroatoms. The van der Waals surface area contributed by atoms with E-state index in [1.165, 1.54) is 0 Å². The van der Waals surface area contributed by atoms with Crippen molar-refractivity contribution in [3.8, 4) is 11.5 Å². The highest BCUT2D eigenvalue weighted by molar-refractivity contribution is 5.98. The maximum Gasteiger partial charge on any atom is 0.245 e. The zero-order valence-corrected chi connectivity index (χ0v) is 19.9. The van der Waals surface area contributed by atoms with Crippen molar-refractivity contribution in [2.75, 3.05) is 14.2 Å². The van der Waals surface area contributed by atoms with Gasteiger partial charge >= 0.3 is 0 Å². The molecule has 3 rings (SSSR count). The van der Waals surface area contributed by atoms with Crippen molar-refractivity contribution < 1.29 is 19.1 Å². The molecule has 0 heterocycles. The van der Waals surface area contributed by atoms with Gasteiger partial charge in [-0.25, -0.2) is 4.99 Å². The first-order valence-corrected chi connectivity index (χ1v) is 11.2. The number of carbonyl (C=O) groups is 2. The summed E-state index contributed by atoms with van der Waals surface area (Å²) in [5, 5.41) is 5.48. The number of hydrogen-bond acceptors (Lipinski definition) is 5. The van der Waals surface area contributed by atoms with Crippen LogP contribution in [-0.2, 0) is 29.0 Å². The van der Waals surface area contributed by atoms with Crippen LogP contribution in [0.3, 0.4) is 0 Å². The first kappa shape index (κ1) is 25.3. The minimum absolute atomic E-state index is 0.104. The maximum atomic E-state index is 13.1. The molecule has 0 saturated carbocycles. The second kappa shape index (κ2) is 12.8. The van der Waals surface area contributed by atoms with E-state index in [-0.39, 0.29) is 30.7 Å². The van der Waals surface area contributed by atoms with Crippen molar-refractivity contribution in [1.29, 1.82) is 0 Å².